The van der Waals surface area contributed by atoms with Gasteiger partial charge in [0, 0.05) is 16.9 Å². The summed E-state index contributed by atoms with van der Waals surface area (Å²) in [5.41, 5.74) is -0.708. The Morgan fingerprint density at radius 1 is 0.850 bits per heavy atom. The third-order valence-corrected chi connectivity index (χ3v) is 2.24. The zero-order valence-corrected chi connectivity index (χ0v) is 13.2. The van der Waals surface area contributed by atoms with Crippen molar-refractivity contribution < 1.29 is 35.1 Å². The first-order valence-corrected chi connectivity index (χ1v) is 6.97. The van der Waals surface area contributed by atoms with Gasteiger partial charge >= 0.3 is 11.9 Å². The molecule has 0 saturated carbocycles. The first-order chi connectivity index (χ1) is 9.22. The van der Waals surface area contributed by atoms with Crippen molar-refractivity contribution in [2.24, 2.45) is 5.41 Å². The van der Waals surface area contributed by atoms with Gasteiger partial charge in [0.05, 0.1) is 32.7 Å². The molecular formula is C11H24O7S2. The zero-order chi connectivity index (χ0) is 16.6. The number of aliphatic hydroxyl groups is 3. The molecule has 20 heavy (non-hydrogen) atoms. The van der Waals surface area contributed by atoms with E-state index in [-0.39, 0.29) is 32.7 Å². The molecule has 9 heteroatoms. The number of hydrogen-bond donors (Lipinski definition) is 7. The Bertz CT molecular complexity index is 221. The van der Waals surface area contributed by atoms with Crippen LogP contribution in [0.4, 0.5) is 0 Å². The van der Waals surface area contributed by atoms with Gasteiger partial charge in [-0.3, -0.25) is 9.59 Å². The van der Waals surface area contributed by atoms with Crippen LogP contribution in [-0.4, -0.2) is 68.8 Å². The summed E-state index contributed by atoms with van der Waals surface area (Å²) in [4.78, 5) is 19.1. The van der Waals surface area contributed by atoms with Gasteiger partial charge in [0.15, 0.2) is 0 Å². The van der Waals surface area contributed by atoms with E-state index in [1.165, 1.54) is 0 Å². The van der Waals surface area contributed by atoms with E-state index < -0.39 is 17.4 Å². The molecule has 0 aliphatic carbocycles. The predicted molar refractivity (Wildman–Crippen MR) is 81.6 cm³/mol. The molecule has 0 bridgehead atoms. The maximum atomic E-state index is 9.55. The third-order valence-electron chi connectivity index (χ3n) is 1.80. The SMILES string of the molecule is CC(CO)(CO)CO.O=C(O)CCS.O=C(O)CCS. The summed E-state index contributed by atoms with van der Waals surface area (Å²) in [5, 5.41) is 41.1. The summed E-state index contributed by atoms with van der Waals surface area (Å²) in [5.74, 6) is -0.722. The smallest absolute Gasteiger partial charge is 0.304 e. The fraction of sp³-hybridized carbons (Fsp3) is 0.818. The van der Waals surface area contributed by atoms with E-state index in [4.69, 9.17) is 25.5 Å². The van der Waals surface area contributed by atoms with E-state index in [1.54, 1.807) is 6.92 Å². The highest BCUT2D eigenvalue weighted by Crippen LogP contribution is 2.10. The number of carboxylic acids is 2. The van der Waals surface area contributed by atoms with Crippen LogP contribution in [0.2, 0.25) is 0 Å². The number of thiol groups is 2. The lowest BCUT2D eigenvalue weighted by atomic mass is 9.95. The predicted octanol–water partition coefficient (Wildman–Crippen LogP) is -0.249. The second-order valence-electron chi connectivity index (χ2n) is 4.02. The van der Waals surface area contributed by atoms with Crippen molar-refractivity contribution in [1.82, 2.24) is 0 Å². The summed E-state index contributed by atoms with van der Waals surface area (Å²) >= 11 is 7.36. The highest BCUT2D eigenvalue weighted by Gasteiger charge is 2.20. The van der Waals surface area contributed by atoms with Crippen molar-refractivity contribution in [3.63, 3.8) is 0 Å². The van der Waals surface area contributed by atoms with Gasteiger partial charge in [-0.1, -0.05) is 6.92 Å². The van der Waals surface area contributed by atoms with Gasteiger partial charge in [0.2, 0.25) is 0 Å². The van der Waals surface area contributed by atoms with Crippen LogP contribution in [0.3, 0.4) is 0 Å². The Morgan fingerprint density at radius 3 is 1.10 bits per heavy atom. The van der Waals surface area contributed by atoms with E-state index in [1.807, 2.05) is 0 Å². The monoisotopic (exact) mass is 332 g/mol. The van der Waals surface area contributed by atoms with E-state index in [0.717, 1.165) is 0 Å². The van der Waals surface area contributed by atoms with E-state index in [2.05, 4.69) is 25.3 Å². The number of aliphatic carboxylic acids is 2. The van der Waals surface area contributed by atoms with Crippen LogP contribution in [0.25, 0.3) is 0 Å². The van der Waals surface area contributed by atoms with E-state index in [0.29, 0.717) is 11.5 Å². The number of carbonyl (C=O) groups is 2. The lowest BCUT2D eigenvalue weighted by Crippen LogP contribution is -2.29. The molecule has 5 N–H and O–H groups in total. The van der Waals surface area contributed by atoms with Crippen LogP contribution in [-0.2, 0) is 9.59 Å². The Labute approximate surface area is 129 Å². The first-order valence-electron chi connectivity index (χ1n) is 5.70. The summed E-state index contributed by atoms with van der Waals surface area (Å²) in [6.45, 7) is 1.06. The van der Waals surface area contributed by atoms with Crippen molar-refractivity contribution in [3.05, 3.63) is 0 Å². The highest BCUT2D eigenvalue weighted by molar-refractivity contribution is 7.80. The molecule has 0 aromatic heterocycles. The Hall–Kier alpha value is -0.480. The van der Waals surface area contributed by atoms with Gasteiger partial charge in [-0.2, -0.15) is 25.3 Å². The van der Waals surface area contributed by atoms with Crippen molar-refractivity contribution in [1.29, 1.82) is 0 Å². The average Bonchev–Trinajstić information content (AvgIpc) is 2.39. The van der Waals surface area contributed by atoms with Crippen LogP contribution in [0, 0.1) is 5.41 Å². The molecule has 7 nitrogen and oxygen atoms in total. The Morgan fingerprint density at radius 2 is 1.10 bits per heavy atom. The second kappa shape index (κ2) is 16.6. The number of hydrogen-bond acceptors (Lipinski definition) is 7. The zero-order valence-electron chi connectivity index (χ0n) is 11.4. The molecule has 122 valence electrons. The molecule has 0 aliphatic rings. The molecule has 0 heterocycles. The minimum Gasteiger partial charge on any atom is -0.481 e. The Kier molecular flexibility index (Phi) is 20.3. The standard InChI is InChI=1S/C5H12O3.2C3H6O2S/c1-5(2-6,3-7)4-8;2*4-3(5)1-2-6/h6-8H,2-4H2,1H3;2*6H,1-2H2,(H,4,5). The molecule has 0 rings (SSSR count). The van der Waals surface area contributed by atoms with Gasteiger partial charge < -0.3 is 25.5 Å². The van der Waals surface area contributed by atoms with Crippen molar-refractivity contribution in [2.75, 3.05) is 31.3 Å². The highest BCUT2D eigenvalue weighted by atomic mass is 32.1. The minimum absolute atomic E-state index is 0.156. The normalized spacial score (nSPS) is 9.70. The average molecular weight is 332 g/mol. The summed E-state index contributed by atoms with van der Waals surface area (Å²) in [7, 11) is 0. The van der Waals surface area contributed by atoms with Crippen LogP contribution >= 0.6 is 25.3 Å². The van der Waals surface area contributed by atoms with E-state index in [9.17, 15) is 9.59 Å². The van der Waals surface area contributed by atoms with Crippen molar-refractivity contribution in [2.45, 2.75) is 19.8 Å². The van der Waals surface area contributed by atoms with Crippen molar-refractivity contribution >= 4 is 37.2 Å². The third kappa shape index (κ3) is 22.7. The van der Waals surface area contributed by atoms with Gasteiger partial charge in [0.25, 0.3) is 0 Å². The van der Waals surface area contributed by atoms with Crippen LogP contribution in [0.15, 0.2) is 0 Å². The fourth-order valence-electron chi connectivity index (χ4n) is 0.341. The van der Waals surface area contributed by atoms with Crippen LogP contribution < -0.4 is 0 Å². The minimum atomic E-state index is -0.787. The molecule has 0 aromatic rings. The summed E-state index contributed by atoms with van der Waals surface area (Å²) in [6.07, 6.45) is 0.312. The number of carboxylic acid groups (broad SMARTS) is 2. The van der Waals surface area contributed by atoms with Gasteiger partial charge in [0.1, 0.15) is 0 Å². The molecule has 0 aromatic carbocycles. The van der Waals surface area contributed by atoms with Crippen LogP contribution in [0.1, 0.15) is 19.8 Å². The molecule has 0 atom stereocenters. The molecule has 0 unspecified atom stereocenters. The molecule has 0 saturated heterocycles. The van der Waals surface area contributed by atoms with Crippen LogP contribution in [0.5, 0.6) is 0 Å². The second-order valence-corrected chi connectivity index (χ2v) is 4.91. The molecular weight excluding hydrogens is 308 g/mol. The summed E-state index contributed by atoms with van der Waals surface area (Å²) < 4.78 is 0. The van der Waals surface area contributed by atoms with Gasteiger partial charge in [-0.15, -0.1) is 0 Å². The molecule has 0 fully saturated rings. The quantitative estimate of drug-likeness (QED) is 0.320. The lowest BCUT2D eigenvalue weighted by molar-refractivity contribution is -0.137. The first kappa shape index (κ1) is 24.5. The lowest BCUT2D eigenvalue weighted by Gasteiger charge is -2.20. The fourth-order valence-corrected chi connectivity index (χ4v) is 0.724. The van der Waals surface area contributed by atoms with Gasteiger partial charge in [-0.25, -0.2) is 0 Å². The molecule has 0 radical (unpaired) electrons. The van der Waals surface area contributed by atoms with Gasteiger partial charge in [-0.05, 0) is 0 Å². The maximum absolute atomic E-state index is 9.55. The molecule has 0 amide bonds. The number of rotatable bonds is 7. The summed E-state index contributed by atoms with van der Waals surface area (Å²) in [6, 6.07) is 0. The van der Waals surface area contributed by atoms with E-state index >= 15 is 0 Å². The molecule has 0 spiro atoms. The topological polar surface area (TPSA) is 135 Å². The maximum Gasteiger partial charge on any atom is 0.304 e. The largest absolute Gasteiger partial charge is 0.481 e. The number of aliphatic hydroxyl groups excluding tert-OH is 3. The Balaban J connectivity index is -0.000000221. The van der Waals surface area contributed by atoms with Crippen molar-refractivity contribution in [3.8, 4) is 0 Å². The molecule has 0 aliphatic heterocycles.